The van der Waals surface area contributed by atoms with Gasteiger partial charge < -0.3 is 5.32 Å². The summed E-state index contributed by atoms with van der Waals surface area (Å²) in [6.45, 7) is 0. The van der Waals surface area contributed by atoms with Crippen molar-refractivity contribution in [2.75, 3.05) is 5.32 Å². The van der Waals surface area contributed by atoms with Crippen LogP contribution in [0.3, 0.4) is 0 Å². The Balaban J connectivity index is 1.81. The number of amides is 1. The van der Waals surface area contributed by atoms with E-state index in [0.717, 1.165) is 0 Å². The quantitative estimate of drug-likeness (QED) is 0.736. The Morgan fingerprint density at radius 2 is 1.96 bits per heavy atom. The first kappa shape index (κ1) is 15.6. The Labute approximate surface area is 143 Å². The third kappa shape index (κ3) is 3.38. The zero-order chi connectivity index (χ0) is 16.4. The van der Waals surface area contributed by atoms with Gasteiger partial charge in [0.2, 0.25) is 0 Å². The third-order valence-electron chi connectivity index (χ3n) is 2.87. The van der Waals surface area contributed by atoms with Crippen LogP contribution in [0.4, 0.5) is 10.1 Å². The second kappa shape index (κ2) is 6.43. The van der Waals surface area contributed by atoms with Crippen LogP contribution in [0.25, 0.3) is 5.69 Å². The smallest absolute Gasteiger partial charge is 0.277 e. The fourth-order valence-electron chi connectivity index (χ4n) is 1.76. The first-order valence-electron chi connectivity index (χ1n) is 6.33. The summed E-state index contributed by atoms with van der Waals surface area (Å²) >= 11 is 9.29. The third-order valence-corrected chi connectivity index (χ3v) is 4.10. The Hall–Kier alpha value is -2.32. The van der Waals surface area contributed by atoms with E-state index in [4.69, 9.17) is 11.6 Å². The highest BCUT2D eigenvalue weighted by Crippen LogP contribution is 2.28. The lowest BCUT2D eigenvalue weighted by atomic mass is 10.3. The predicted octanol–water partition coefficient (Wildman–Crippen LogP) is 3.47. The van der Waals surface area contributed by atoms with Crippen molar-refractivity contribution in [3.05, 3.63) is 63.9 Å². The standard InChI is InChI=1S/C14H8BrClFN5O/c15-10-5-18-6-11(13(10)16)20-14(23)12-7-19-22(21-12)9-3-1-8(17)2-4-9/h1-7H,(H,20,23). The number of benzene rings is 1. The molecule has 23 heavy (non-hydrogen) atoms. The van der Waals surface area contributed by atoms with Crippen molar-refractivity contribution in [3.8, 4) is 5.69 Å². The molecule has 1 aromatic carbocycles. The molecule has 2 heterocycles. The molecule has 3 aromatic rings. The summed E-state index contributed by atoms with van der Waals surface area (Å²) in [5, 5.41) is 11.0. The number of carbonyl (C=O) groups excluding carboxylic acids is 1. The van der Waals surface area contributed by atoms with Gasteiger partial charge in [-0.25, -0.2) is 4.39 Å². The normalized spacial score (nSPS) is 10.6. The lowest BCUT2D eigenvalue weighted by Gasteiger charge is -2.05. The zero-order valence-electron chi connectivity index (χ0n) is 11.4. The number of hydrogen-bond acceptors (Lipinski definition) is 4. The molecule has 2 aromatic heterocycles. The molecule has 1 N–H and O–H groups in total. The van der Waals surface area contributed by atoms with Gasteiger partial charge in [-0.15, -0.1) is 5.10 Å². The van der Waals surface area contributed by atoms with E-state index in [9.17, 15) is 9.18 Å². The second-order valence-electron chi connectivity index (χ2n) is 4.43. The van der Waals surface area contributed by atoms with Crippen LogP contribution in [0.5, 0.6) is 0 Å². The molecular weight excluding hydrogens is 389 g/mol. The molecule has 3 rings (SSSR count). The summed E-state index contributed by atoms with van der Waals surface area (Å²) in [5.74, 6) is -0.851. The molecule has 0 aliphatic carbocycles. The summed E-state index contributed by atoms with van der Waals surface area (Å²) in [6, 6.07) is 5.58. The molecule has 0 radical (unpaired) electrons. The Kier molecular flexibility index (Phi) is 4.35. The molecule has 6 nitrogen and oxygen atoms in total. The summed E-state index contributed by atoms with van der Waals surface area (Å²) in [6.07, 6.45) is 4.25. The van der Waals surface area contributed by atoms with Gasteiger partial charge in [0, 0.05) is 6.20 Å². The van der Waals surface area contributed by atoms with Gasteiger partial charge in [0.05, 0.1) is 33.3 Å². The fraction of sp³-hybridized carbons (Fsp3) is 0. The number of nitrogens with one attached hydrogen (secondary N) is 1. The lowest BCUT2D eigenvalue weighted by molar-refractivity contribution is 0.102. The number of pyridine rings is 1. The van der Waals surface area contributed by atoms with Gasteiger partial charge in [-0.05, 0) is 40.2 Å². The maximum Gasteiger partial charge on any atom is 0.277 e. The molecule has 0 spiro atoms. The van der Waals surface area contributed by atoms with Crippen molar-refractivity contribution < 1.29 is 9.18 Å². The van der Waals surface area contributed by atoms with Crippen LogP contribution < -0.4 is 5.32 Å². The largest absolute Gasteiger partial charge is 0.318 e. The van der Waals surface area contributed by atoms with Gasteiger partial charge in [-0.1, -0.05) is 11.6 Å². The van der Waals surface area contributed by atoms with Crippen molar-refractivity contribution in [1.82, 2.24) is 20.0 Å². The van der Waals surface area contributed by atoms with Crippen LogP contribution in [0.2, 0.25) is 5.02 Å². The van der Waals surface area contributed by atoms with Crippen molar-refractivity contribution in [2.24, 2.45) is 0 Å². The number of carbonyl (C=O) groups is 1. The topological polar surface area (TPSA) is 72.7 Å². The summed E-state index contributed by atoms with van der Waals surface area (Å²) in [7, 11) is 0. The minimum absolute atomic E-state index is 0.0883. The highest BCUT2D eigenvalue weighted by Gasteiger charge is 2.14. The van der Waals surface area contributed by atoms with Crippen molar-refractivity contribution in [2.45, 2.75) is 0 Å². The Morgan fingerprint density at radius 1 is 1.22 bits per heavy atom. The number of anilines is 1. The summed E-state index contributed by atoms with van der Waals surface area (Å²) < 4.78 is 13.5. The number of nitrogens with zero attached hydrogens (tertiary/aromatic N) is 4. The van der Waals surface area contributed by atoms with Crippen molar-refractivity contribution in [3.63, 3.8) is 0 Å². The zero-order valence-corrected chi connectivity index (χ0v) is 13.7. The molecule has 0 aliphatic rings. The maximum absolute atomic E-state index is 12.9. The molecule has 116 valence electrons. The fourth-order valence-corrected chi connectivity index (χ4v) is 2.24. The van der Waals surface area contributed by atoms with E-state index in [2.05, 4.69) is 36.4 Å². The minimum atomic E-state index is -0.486. The van der Waals surface area contributed by atoms with Crippen LogP contribution in [0, 0.1) is 5.82 Å². The van der Waals surface area contributed by atoms with E-state index >= 15 is 0 Å². The van der Waals surface area contributed by atoms with E-state index in [1.165, 1.54) is 47.7 Å². The number of rotatable bonds is 3. The predicted molar refractivity (Wildman–Crippen MR) is 86.2 cm³/mol. The molecule has 0 unspecified atom stereocenters. The van der Waals surface area contributed by atoms with Gasteiger partial charge in [-0.3, -0.25) is 9.78 Å². The molecule has 0 atom stereocenters. The average Bonchev–Trinajstić information content (AvgIpc) is 3.02. The molecule has 9 heteroatoms. The van der Waals surface area contributed by atoms with Gasteiger partial charge >= 0.3 is 0 Å². The first-order chi connectivity index (χ1) is 11.0. The van der Waals surface area contributed by atoms with Crippen LogP contribution in [0.1, 0.15) is 10.5 Å². The van der Waals surface area contributed by atoms with Crippen molar-refractivity contribution in [1.29, 1.82) is 0 Å². The van der Waals surface area contributed by atoms with E-state index in [0.29, 0.717) is 20.9 Å². The van der Waals surface area contributed by atoms with E-state index in [1.54, 1.807) is 0 Å². The monoisotopic (exact) mass is 395 g/mol. The molecule has 0 saturated heterocycles. The van der Waals surface area contributed by atoms with Gasteiger partial charge in [-0.2, -0.15) is 9.90 Å². The summed E-state index contributed by atoms with van der Waals surface area (Å²) in [4.78, 5) is 17.3. The first-order valence-corrected chi connectivity index (χ1v) is 7.50. The number of halogens is 3. The highest BCUT2D eigenvalue weighted by molar-refractivity contribution is 9.10. The average molecular weight is 397 g/mol. The molecule has 0 saturated carbocycles. The van der Waals surface area contributed by atoms with Crippen LogP contribution in [0.15, 0.2) is 47.3 Å². The van der Waals surface area contributed by atoms with Gasteiger partial charge in [0.25, 0.3) is 5.91 Å². The Bertz CT molecular complexity index is 868. The maximum atomic E-state index is 12.9. The van der Waals surface area contributed by atoms with E-state index in [1.807, 2.05) is 0 Å². The minimum Gasteiger partial charge on any atom is -0.318 e. The molecular formula is C14H8BrClFN5O. The van der Waals surface area contributed by atoms with Crippen LogP contribution in [-0.2, 0) is 0 Å². The SMILES string of the molecule is O=C(Nc1cncc(Br)c1Cl)c1cnn(-c2ccc(F)cc2)n1. The van der Waals surface area contributed by atoms with Crippen LogP contribution in [-0.4, -0.2) is 25.9 Å². The Morgan fingerprint density at radius 3 is 2.70 bits per heavy atom. The highest BCUT2D eigenvalue weighted by atomic mass is 79.9. The number of aromatic nitrogens is 4. The van der Waals surface area contributed by atoms with E-state index < -0.39 is 5.91 Å². The lowest BCUT2D eigenvalue weighted by Crippen LogP contribution is -2.13. The van der Waals surface area contributed by atoms with Gasteiger partial charge in [0.15, 0.2) is 5.69 Å². The van der Waals surface area contributed by atoms with Gasteiger partial charge in [0.1, 0.15) is 5.82 Å². The molecule has 0 aliphatic heterocycles. The second-order valence-corrected chi connectivity index (χ2v) is 5.66. The van der Waals surface area contributed by atoms with E-state index in [-0.39, 0.29) is 11.5 Å². The molecule has 0 fully saturated rings. The molecule has 0 bridgehead atoms. The number of hydrogen-bond donors (Lipinski definition) is 1. The molecule has 1 amide bonds. The van der Waals surface area contributed by atoms with Crippen molar-refractivity contribution >= 4 is 39.1 Å². The summed E-state index contributed by atoms with van der Waals surface area (Å²) in [5.41, 5.74) is 0.973. The van der Waals surface area contributed by atoms with Crippen LogP contribution >= 0.6 is 27.5 Å².